The van der Waals surface area contributed by atoms with Gasteiger partial charge in [-0.15, -0.1) is 15.3 Å². The van der Waals surface area contributed by atoms with Crippen LogP contribution in [0.15, 0.2) is 35.5 Å². The molecule has 35 heavy (non-hydrogen) atoms. The predicted molar refractivity (Wildman–Crippen MR) is 128 cm³/mol. The number of nitrogens with zero attached hydrogens (tertiary/aromatic N) is 8. The summed E-state index contributed by atoms with van der Waals surface area (Å²) in [5, 5.41) is 48.4. The molecule has 0 spiro atoms. The van der Waals surface area contributed by atoms with Crippen LogP contribution in [0.1, 0.15) is 55.5 Å². The molecule has 4 aromatic rings. The van der Waals surface area contributed by atoms with Crippen LogP contribution in [0.5, 0.6) is 0 Å². The molecule has 182 valence electrons. The van der Waals surface area contributed by atoms with Crippen LogP contribution in [0.4, 0.5) is 5.82 Å². The number of fused-ring (bicyclic) bond motifs is 1. The molecule has 2 aliphatic carbocycles. The Balaban J connectivity index is 1.32. The summed E-state index contributed by atoms with van der Waals surface area (Å²) >= 11 is 1.57. The number of aromatic amines is 1. The number of hydrogen-bond acceptors (Lipinski definition) is 11. The Kier molecular flexibility index (Phi) is 5.82. The van der Waals surface area contributed by atoms with Gasteiger partial charge in [0.15, 0.2) is 28.0 Å². The summed E-state index contributed by atoms with van der Waals surface area (Å²) < 4.78 is 1.60. The summed E-state index contributed by atoms with van der Waals surface area (Å²) in [5.41, 5.74) is 2.38. The first-order chi connectivity index (χ1) is 17.1. The standard InChI is InChI=1S/C22H26N10O2S/c1-2-8-35-22-24-20(23-14-9-12(14)11-6-4-3-5-7-11)16-21(25-22)32(31-26-16)15-10-13(17(33)18(15)34)19-27-29-30-28-19/h3-7,12-15,17-18,33-34H,2,8-10H2,1H3,(H,23,24,25)(H,27,28,29,30)/t12?,13-,14+,15+,17+,18-/m0/s1. The summed E-state index contributed by atoms with van der Waals surface area (Å²) in [4.78, 5) is 9.49. The van der Waals surface area contributed by atoms with Crippen molar-refractivity contribution in [1.29, 1.82) is 0 Å². The fourth-order valence-corrected chi connectivity index (χ4v) is 5.52. The Bertz CT molecular complexity index is 1300. The summed E-state index contributed by atoms with van der Waals surface area (Å²) in [6, 6.07) is 10.1. The first-order valence-electron chi connectivity index (χ1n) is 11.8. The van der Waals surface area contributed by atoms with Crippen molar-refractivity contribution >= 4 is 28.7 Å². The van der Waals surface area contributed by atoms with E-state index in [1.165, 1.54) is 5.56 Å². The van der Waals surface area contributed by atoms with E-state index in [1.54, 1.807) is 16.4 Å². The molecule has 1 aromatic carbocycles. The highest BCUT2D eigenvalue weighted by atomic mass is 32.2. The van der Waals surface area contributed by atoms with E-state index in [9.17, 15) is 10.2 Å². The zero-order valence-corrected chi connectivity index (χ0v) is 19.9. The van der Waals surface area contributed by atoms with Crippen LogP contribution in [0.25, 0.3) is 11.2 Å². The van der Waals surface area contributed by atoms with Crippen molar-refractivity contribution in [2.45, 2.75) is 67.5 Å². The number of anilines is 1. The zero-order chi connectivity index (χ0) is 23.9. The number of aromatic nitrogens is 9. The molecule has 2 saturated carbocycles. The van der Waals surface area contributed by atoms with E-state index in [0.29, 0.717) is 40.3 Å². The monoisotopic (exact) mass is 494 g/mol. The average molecular weight is 495 g/mol. The van der Waals surface area contributed by atoms with E-state index >= 15 is 0 Å². The van der Waals surface area contributed by atoms with Crippen molar-refractivity contribution in [2.75, 3.05) is 11.1 Å². The van der Waals surface area contributed by atoms with Crippen LogP contribution >= 0.6 is 11.8 Å². The van der Waals surface area contributed by atoms with Gasteiger partial charge in [-0.3, -0.25) is 0 Å². The van der Waals surface area contributed by atoms with Crippen molar-refractivity contribution in [3.8, 4) is 0 Å². The molecule has 6 rings (SSSR count). The summed E-state index contributed by atoms with van der Waals surface area (Å²) in [6.45, 7) is 2.11. The molecule has 2 fully saturated rings. The third-order valence-electron chi connectivity index (χ3n) is 6.74. The molecule has 12 nitrogen and oxygen atoms in total. The molecule has 13 heteroatoms. The second-order valence-corrected chi connectivity index (χ2v) is 10.1. The van der Waals surface area contributed by atoms with Crippen molar-refractivity contribution in [3.05, 3.63) is 41.7 Å². The number of rotatable bonds is 8. The van der Waals surface area contributed by atoms with Gasteiger partial charge in [0, 0.05) is 17.7 Å². The van der Waals surface area contributed by atoms with Gasteiger partial charge in [-0.1, -0.05) is 59.4 Å². The third-order valence-corrected chi connectivity index (χ3v) is 7.79. The highest BCUT2D eigenvalue weighted by molar-refractivity contribution is 7.99. The van der Waals surface area contributed by atoms with Gasteiger partial charge in [0.25, 0.3) is 0 Å². The lowest BCUT2D eigenvalue weighted by molar-refractivity contribution is 0.0146. The molecular formula is C22H26N10O2S. The minimum absolute atomic E-state index is 0.256. The number of aliphatic hydroxyl groups excluding tert-OH is 2. The second kappa shape index (κ2) is 9.13. The number of thioether (sulfide) groups is 1. The Morgan fingerprint density at radius 1 is 1.09 bits per heavy atom. The van der Waals surface area contributed by atoms with E-state index in [-0.39, 0.29) is 6.04 Å². The van der Waals surface area contributed by atoms with Gasteiger partial charge in [0.1, 0.15) is 6.10 Å². The van der Waals surface area contributed by atoms with Gasteiger partial charge in [0.2, 0.25) is 0 Å². The minimum atomic E-state index is -1.08. The fourth-order valence-electron chi connectivity index (χ4n) is 4.82. The van der Waals surface area contributed by atoms with Crippen LogP contribution < -0.4 is 5.32 Å². The van der Waals surface area contributed by atoms with Crippen LogP contribution in [-0.2, 0) is 0 Å². The molecule has 0 radical (unpaired) electrons. The average Bonchev–Trinajstić information content (AvgIpc) is 3.19. The Hall–Kier alpha value is -3.16. The number of benzene rings is 1. The van der Waals surface area contributed by atoms with E-state index in [2.05, 4.69) is 67.4 Å². The number of aliphatic hydroxyl groups is 2. The quantitative estimate of drug-likeness (QED) is 0.208. The lowest BCUT2D eigenvalue weighted by Crippen LogP contribution is -2.29. The van der Waals surface area contributed by atoms with Gasteiger partial charge < -0.3 is 15.5 Å². The maximum absolute atomic E-state index is 10.9. The third kappa shape index (κ3) is 4.13. The predicted octanol–water partition coefficient (Wildman–Crippen LogP) is 1.65. The Morgan fingerprint density at radius 2 is 1.94 bits per heavy atom. The summed E-state index contributed by atoms with van der Waals surface area (Å²) in [6.07, 6.45) is 0.255. The molecule has 4 N–H and O–H groups in total. The Labute approximate surface area is 204 Å². The summed E-state index contributed by atoms with van der Waals surface area (Å²) in [5.74, 6) is 1.84. The van der Waals surface area contributed by atoms with Crippen LogP contribution in [0, 0.1) is 0 Å². The van der Waals surface area contributed by atoms with E-state index in [0.717, 1.165) is 18.6 Å². The number of nitrogens with one attached hydrogen (secondary N) is 2. The van der Waals surface area contributed by atoms with Crippen molar-refractivity contribution in [3.63, 3.8) is 0 Å². The Morgan fingerprint density at radius 3 is 2.71 bits per heavy atom. The minimum Gasteiger partial charge on any atom is -0.390 e. The number of tetrazole rings is 1. The van der Waals surface area contributed by atoms with Crippen LogP contribution in [-0.4, -0.2) is 79.8 Å². The highest BCUT2D eigenvalue weighted by Crippen LogP contribution is 2.44. The number of hydrogen-bond donors (Lipinski definition) is 4. The van der Waals surface area contributed by atoms with Gasteiger partial charge in [-0.25, -0.2) is 14.6 Å². The lowest BCUT2D eigenvalue weighted by Gasteiger charge is -2.17. The molecular weight excluding hydrogens is 468 g/mol. The smallest absolute Gasteiger partial charge is 0.191 e. The van der Waals surface area contributed by atoms with E-state index in [1.807, 2.05) is 6.07 Å². The van der Waals surface area contributed by atoms with Gasteiger partial charge in [0.05, 0.1) is 18.1 Å². The first-order valence-corrected chi connectivity index (χ1v) is 12.8. The SMILES string of the molecule is CCCSc1nc(N[C@@H]2CC2c2ccccc2)c2nnn([C@@H]3C[C@H](c4nn[nH]n4)[C@@H](O)[C@H]3O)c2n1. The molecule has 0 amide bonds. The fraction of sp³-hybridized carbons (Fsp3) is 0.500. The molecule has 0 bridgehead atoms. The number of H-pyrrole nitrogens is 1. The second-order valence-electron chi connectivity index (χ2n) is 9.07. The van der Waals surface area contributed by atoms with E-state index < -0.39 is 24.2 Å². The molecule has 3 aromatic heterocycles. The summed E-state index contributed by atoms with van der Waals surface area (Å²) in [7, 11) is 0. The molecule has 0 aliphatic heterocycles. The molecule has 3 heterocycles. The van der Waals surface area contributed by atoms with Crippen LogP contribution in [0.3, 0.4) is 0 Å². The maximum atomic E-state index is 10.9. The highest BCUT2D eigenvalue weighted by Gasteiger charge is 2.46. The van der Waals surface area contributed by atoms with Crippen molar-refractivity contribution in [2.24, 2.45) is 0 Å². The molecule has 0 saturated heterocycles. The topological polar surface area (TPSA) is 163 Å². The largest absolute Gasteiger partial charge is 0.390 e. The first kappa shape index (κ1) is 22.3. The van der Waals surface area contributed by atoms with E-state index in [4.69, 9.17) is 9.97 Å². The van der Waals surface area contributed by atoms with Gasteiger partial charge in [-0.2, -0.15) is 5.21 Å². The zero-order valence-electron chi connectivity index (χ0n) is 19.1. The van der Waals surface area contributed by atoms with Crippen molar-refractivity contribution < 1.29 is 10.2 Å². The molecule has 6 atom stereocenters. The van der Waals surface area contributed by atoms with Crippen molar-refractivity contribution in [1.82, 2.24) is 45.6 Å². The van der Waals surface area contributed by atoms with Crippen LogP contribution in [0.2, 0.25) is 0 Å². The molecule has 1 unspecified atom stereocenters. The lowest BCUT2D eigenvalue weighted by atomic mass is 10.1. The maximum Gasteiger partial charge on any atom is 0.191 e. The van der Waals surface area contributed by atoms with Gasteiger partial charge in [-0.05, 0) is 24.8 Å². The van der Waals surface area contributed by atoms with Gasteiger partial charge >= 0.3 is 0 Å². The normalized spacial score (nSPS) is 28.0. The molecule has 2 aliphatic rings.